The number of hydrogen-bond acceptors (Lipinski definition) is 2. The second-order valence-electron chi connectivity index (χ2n) is 4.08. The maximum Gasteiger partial charge on any atom is 0.119 e. The molecule has 1 unspecified atom stereocenters. The Bertz CT molecular complexity index is 515. The summed E-state index contributed by atoms with van der Waals surface area (Å²) in [5, 5.41) is 4.40. The van der Waals surface area contributed by atoms with E-state index < -0.39 is 0 Å². The molecule has 0 fully saturated rings. The SMILES string of the molecule is O=NC1CCCc2[nH]c3ccccc3c21. The highest BCUT2D eigenvalue weighted by molar-refractivity contribution is 5.85. The Hall–Kier alpha value is -1.64. The Morgan fingerprint density at radius 1 is 1.33 bits per heavy atom. The minimum atomic E-state index is -0.148. The summed E-state index contributed by atoms with van der Waals surface area (Å²) in [6.45, 7) is 0. The van der Waals surface area contributed by atoms with Gasteiger partial charge in [-0.25, -0.2) is 0 Å². The number of hydrogen-bond donors (Lipinski definition) is 1. The number of para-hydroxylation sites is 1. The fourth-order valence-corrected chi connectivity index (χ4v) is 2.52. The molecule has 0 radical (unpaired) electrons. The maximum absolute atomic E-state index is 10.8. The van der Waals surface area contributed by atoms with E-state index in [1.54, 1.807) is 0 Å². The van der Waals surface area contributed by atoms with E-state index in [0.29, 0.717) is 0 Å². The van der Waals surface area contributed by atoms with Crippen LogP contribution in [0.25, 0.3) is 10.9 Å². The van der Waals surface area contributed by atoms with E-state index >= 15 is 0 Å². The number of rotatable bonds is 1. The second kappa shape index (κ2) is 3.19. The van der Waals surface area contributed by atoms with Crippen molar-refractivity contribution in [2.45, 2.75) is 25.3 Å². The summed E-state index contributed by atoms with van der Waals surface area (Å²) in [7, 11) is 0. The van der Waals surface area contributed by atoms with Gasteiger partial charge >= 0.3 is 0 Å². The van der Waals surface area contributed by atoms with E-state index in [9.17, 15) is 4.91 Å². The predicted octanol–water partition coefficient (Wildman–Crippen LogP) is 3.31. The minimum absolute atomic E-state index is 0.148. The van der Waals surface area contributed by atoms with Gasteiger partial charge in [-0.3, -0.25) is 0 Å². The highest BCUT2D eigenvalue weighted by atomic mass is 16.3. The number of aryl methyl sites for hydroxylation is 1. The number of benzene rings is 1. The highest BCUT2D eigenvalue weighted by Crippen LogP contribution is 2.37. The summed E-state index contributed by atoms with van der Waals surface area (Å²) in [6.07, 6.45) is 2.98. The molecule has 0 aliphatic heterocycles. The fraction of sp³-hybridized carbons (Fsp3) is 0.333. The van der Waals surface area contributed by atoms with Gasteiger partial charge in [0.05, 0.1) is 0 Å². The van der Waals surface area contributed by atoms with Gasteiger partial charge < -0.3 is 4.98 Å². The van der Waals surface area contributed by atoms with E-state index in [0.717, 1.165) is 35.7 Å². The maximum atomic E-state index is 10.8. The third-order valence-electron chi connectivity index (χ3n) is 3.19. The summed E-state index contributed by atoms with van der Waals surface area (Å²) in [4.78, 5) is 14.2. The topological polar surface area (TPSA) is 45.2 Å². The number of aromatic nitrogens is 1. The molecule has 0 amide bonds. The van der Waals surface area contributed by atoms with Crippen molar-refractivity contribution in [1.29, 1.82) is 0 Å². The van der Waals surface area contributed by atoms with Crippen LogP contribution in [0, 0.1) is 4.91 Å². The van der Waals surface area contributed by atoms with Gasteiger partial charge in [-0.2, -0.15) is 4.91 Å². The Morgan fingerprint density at radius 2 is 2.20 bits per heavy atom. The summed E-state index contributed by atoms with van der Waals surface area (Å²) >= 11 is 0. The molecular formula is C12H12N2O. The van der Waals surface area contributed by atoms with E-state index in [-0.39, 0.29) is 6.04 Å². The van der Waals surface area contributed by atoms with Crippen molar-refractivity contribution in [3.8, 4) is 0 Å². The lowest BCUT2D eigenvalue weighted by molar-refractivity contribution is 0.568. The van der Waals surface area contributed by atoms with Crippen LogP contribution in [0.4, 0.5) is 0 Å². The number of fused-ring (bicyclic) bond motifs is 3. The molecule has 1 N–H and O–H groups in total. The first-order valence-corrected chi connectivity index (χ1v) is 5.32. The van der Waals surface area contributed by atoms with Gasteiger partial charge in [0.1, 0.15) is 6.04 Å². The molecule has 0 saturated carbocycles. The largest absolute Gasteiger partial charge is 0.358 e. The van der Waals surface area contributed by atoms with Gasteiger partial charge in [0.15, 0.2) is 0 Å². The van der Waals surface area contributed by atoms with E-state index in [1.165, 1.54) is 5.69 Å². The highest BCUT2D eigenvalue weighted by Gasteiger charge is 2.24. The molecule has 3 rings (SSSR count). The van der Waals surface area contributed by atoms with Gasteiger partial charge in [0.25, 0.3) is 0 Å². The first kappa shape index (κ1) is 8.65. The monoisotopic (exact) mass is 200 g/mol. The van der Waals surface area contributed by atoms with Crippen molar-refractivity contribution in [1.82, 2.24) is 4.98 Å². The predicted molar refractivity (Wildman–Crippen MR) is 59.8 cm³/mol. The second-order valence-corrected chi connectivity index (χ2v) is 4.08. The van der Waals surface area contributed by atoms with Crippen molar-refractivity contribution >= 4 is 10.9 Å². The number of H-pyrrole nitrogens is 1. The third-order valence-corrected chi connectivity index (χ3v) is 3.19. The van der Waals surface area contributed by atoms with Crippen molar-refractivity contribution in [3.05, 3.63) is 40.4 Å². The van der Waals surface area contributed by atoms with Crippen molar-refractivity contribution in [3.63, 3.8) is 0 Å². The van der Waals surface area contributed by atoms with Crippen LogP contribution in [-0.4, -0.2) is 4.98 Å². The van der Waals surface area contributed by atoms with Crippen LogP contribution in [0.15, 0.2) is 29.4 Å². The normalized spacial score (nSPS) is 20.1. The van der Waals surface area contributed by atoms with Crippen LogP contribution in [0.3, 0.4) is 0 Å². The summed E-state index contributed by atoms with van der Waals surface area (Å²) in [5.74, 6) is 0. The van der Waals surface area contributed by atoms with Gasteiger partial charge in [0.2, 0.25) is 0 Å². The number of aromatic amines is 1. The van der Waals surface area contributed by atoms with E-state index in [4.69, 9.17) is 0 Å². The molecule has 3 nitrogen and oxygen atoms in total. The average Bonchev–Trinajstić information content (AvgIpc) is 2.67. The van der Waals surface area contributed by atoms with Crippen LogP contribution >= 0.6 is 0 Å². The number of nitrogens with one attached hydrogen (secondary N) is 1. The molecule has 1 aliphatic carbocycles. The molecule has 1 aliphatic rings. The molecule has 1 heterocycles. The van der Waals surface area contributed by atoms with Crippen molar-refractivity contribution in [2.75, 3.05) is 0 Å². The fourth-order valence-electron chi connectivity index (χ4n) is 2.52. The van der Waals surface area contributed by atoms with Crippen LogP contribution in [0.2, 0.25) is 0 Å². The standard InChI is InChI=1S/C12H12N2O/c15-14-11-7-3-6-10-12(11)8-4-1-2-5-9(8)13-10/h1-2,4-5,11,13H,3,6-7H2. The third kappa shape index (κ3) is 1.19. The Labute approximate surface area is 87.5 Å². The lowest BCUT2D eigenvalue weighted by atomic mass is 9.91. The lowest BCUT2D eigenvalue weighted by Gasteiger charge is -2.16. The molecule has 0 saturated heterocycles. The van der Waals surface area contributed by atoms with Gasteiger partial charge in [-0.15, -0.1) is 0 Å². The number of nitrogens with zero attached hydrogens (tertiary/aromatic N) is 1. The van der Waals surface area contributed by atoms with Crippen molar-refractivity contribution < 1.29 is 0 Å². The van der Waals surface area contributed by atoms with Crippen molar-refractivity contribution in [2.24, 2.45) is 5.18 Å². The molecule has 1 atom stereocenters. The van der Waals surface area contributed by atoms with E-state index in [1.807, 2.05) is 12.1 Å². The molecule has 2 aromatic rings. The minimum Gasteiger partial charge on any atom is -0.358 e. The Kier molecular flexibility index (Phi) is 1.84. The lowest BCUT2D eigenvalue weighted by Crippen LogP contribution is -2.05. The first-order valence-electron chi connectivity index (χ1n) is 5.32. The zero-order valence-corrected chi connectivity index (χ0v) is 8.36. The first-order chi connectivity index (χ1) is 7.40. The van der Waals surface area contributed by atoms with Crippen LogP contribution in [0.1, 0.15) is 30.1 Å². The van der Waals surface area contributed by atoms with Crippen LogP contribution < -0.4 is 0 Å². The summed E-state index contributed by atoms with van der Waals surface area (Å²) < 4.78 is 0. The molecule has 1 aromatic carbocycles. The summed E-state index contributed by atoms with van der Waals surface area (Å²) in [6, 6.07) is 7.98. The number of nitroso groups, excluding NO2 is 1. The zero-order chi connectivity index (χ0) is 10.3. The van der Waals surface area contributed by atoms with Gasteiger partial charge in [-0.05, 0) is 25.3 Å². The molecule has 0 bridgehead atoms. The molecule has 1 aromatic heterocycles. The molecule has 0 spiro atoms. The molecule has 15 heavy (non-hydrogen) atoms. The smallest absolute Gasteiger partial charge is 0.119 e. The Balaban J connectivity index is 2.31. The zero-order valence-electron chi connectivity index (χ0n) is 8.36. The molecular weight excluding hydrogens is 188 g/mol. The van der Waals surface area contributed by atoms with Gasteiger partial charge in [0, 0.05) is 22.2 Å². The molecule has 76 valence electrons. The summed E-state index contributed by atoms with van der Waals surface area (Å²) in [5.41, 5.74) is 3.46. The van der Waals surface area contributed by atoms with Crippen LogP contribution in [0.5, 0.6) is 0 Å². The quantitative estimate of drug-likeness (QED) is 0.705. The molecule has 3 heteroatoms. The Morgan fingerprint density at radius 3 is 3.07 bits per heavy atom. The van der Waals surface area contributed by atoms with Gasteiger partial charge in [-0.1, -0.05) is 23.4 Å². The van der Waals surface area contributed by atoms with Crippen LogP contribution in [-0.2, 0) is 6.42 Å². The van der Waals surface area contributed by atoms with E-state index in [2.05, 4.69) is 22.3 Å². The average molecular weight is 200 g/mol.